The molecule has 2 heterocycles. The lowest BCUT2D eigenvalue weighted by atomic mass is 9.93. The van der Waals surface area contributed by atoms with Crippen LogP contribution in [0.2, 0.25) is 0 Å². The SMILES string of the molecule is O=C1C(=O)c2ccccc2C2=C1SCC(CN1CCN(CO)CC1)O2. The zero-order valence-corrected chi connectivity index (χ0v) is 14.6. The number of carbonyl (C=O) groups excluding carboxylic acids is 2. The van der Waals surface area contributed by atoms with E-state index < -0.39 is 11.6 Å². The number of fused-ring (bicyclic) bond motifs is 2. The monoisotopic (exact) mass is 360 g/mol. The average molecular weight is 360 g/mol. The number of aliphatic hydroxyl groups excluding tert-OH is 1. The number of hydrogen-bond acceptors (Lipinski definition) is 7. The minimum atomic E-state index is -0.450. The van der Waals surface area contributed by atoms with Crippen LogP contribution in [0.4, 0.5) is 0 Å². The van der Waals surface area contributed by atoms with Crippen LogP contribution in [-0.4, -0.2) is 77.8 Å². The van der Waals surface area contributed by atoms with Gasteiger partial charge in [-0.15, -0.1) is 11.8 Å². The lowest BCUT2D eigenvalue weighted by Crippen LogP contribution is -2.49. The van der Waals surface area contributed by atoms with Crippen molar-refractivity contribution < 1.29 is 19.4 Å². The highest BCUT2D eigenvalue weighted by atomic mass is 32.2. The number of ketones is 2. The Kier molecular flexibility index (Phi) is 4.64. The molecule has 1 unspecified atom stereocenters. The summed E-state index contributed by atoms with van der Waals surface area (Å²) >= 11 is 1.43. The molecule has 1 fully saturated rings. The van der Waals surface area contributed by atoms with E-state index in [9.17, 15) is 14.7 Å². The summed E-state index contributed by atoms with van der Waals surface area (Å²) in [7, 11) is 0. The lowest BCUT2D eigenvalue weighted by molar-refractivity contribution is -0.111. The maximum absolute atomic E-state index is 12.3. The second kappa shape index (κ2) is 6.92. The number of allylic oxidation sites excluding steroid dienone is 1. The van der Waals surface area contributed by atoms with Crippen molar-refractivity contribution in [3.8, 4) is 0 Å². The Balaban J connectivity index is 1.50. The number of piperazine rings is 1. The molecule has 0 radical (unpaired) electrons. The van der Waals surface area contributed by atoms with Crippen molar-refractivity contribution in [3.05, 3.63) is 40.3 Å². The molecule has 132 valence electrons. The van der Waals surface area contributed by atoms with Crippen molar-refractivity contribution in [3.63, 3.8) is 0 Å². The smallest absolute Gasteiger partial charge is 0.243 e. The summed E-state index contributed by atoms with van der Waals surface area (Å²) < 4.78 is 6.17. The van der Waals surface area contributed by atoms with E-state index in [4.69, 9.17) is 4.74 Å². The van der Waals surface area contributed by atoms with E-state index in [-0.39, 0.29) is 12.8 Å². The van der Waals surface area contributed by atoms with Crippen LogP contribution in [0.1, 0.15) is 15.9 Å². The Morgan fingerprint density at radius 3 is 2.44 bits per heavy atom. The molecular formula is C18H20N2O4S. The molecule has 1 aromatic carbocycles. The number of ether oxygens (including phenoxy) is 1. The molecule has 2 aliphatic heterocycles. The van der Waals surface area contributed by atoms with E-state index >= 15 is 0 Å². The largest absolute Gasteiger partial charge is 0.486 e. The van der Waals surface area contributed by atoms with Gasteiger partial charge in [0.25, 0.3) is 0 Å². The van der Waals surface area contributed by atoms with Crippen molar-refractivity contribution in [1.82, 2.24) is 9.80 Å². The first-order chi connectivity index (χ1) is 12.2. The standard InChI is InChI=1S/C18H20N2O4S/c21-11-20-7-5-19(6-8-20)9-12-10-25-18-16(23)15(22)13-3-1-2-4-14(13)17(18)24-12/h1-4,12,21H,5-11H2. The highest BCUT2D eigenvalue weighted by molar-refractivity contribution is 8.04. The van der Waals surface area contributed by atoms with Gasteiger partial charge in [-0.2, -0.15) is 0 Å². The first kappa shape index (κ1) is 16.8. The summed E-state index contributed by atoms with van der Waals surface area (Å²) in [4.78, 5) is 29.4. The van der Waals surface area contributed by atoms with Crippen LogP contribution >= 0.6 is 11.8 Å². The number of hydrogen-bond donors (Lipinski definition) is 1. The second-order valence-corrected chi connectivity index (χ2v) is 7.50. The first-order valence-corrected chi connectivity index (χ1v) is 9.43. The highest BCUT2D eigenvalue weighted by Gasteiger charge is 2.38. The number of nitrogens with zero attached hydrogens (tertiary/aromatic N) is 2. The molecular weight excluding hydrogens is 340 g/mol. The Hall–Kier alpha value is -1.67. The molecule has 1 aliphatic carbocycles. The maximum atomic E-state index is 12.3. The summed E-state index contributed by atoms with van der Waals surface area (Å²) in [6.07, 6.45) is -0.0153. The van der Waals surface area contributed by atoms with E-state index in [0.717, 1.165) is 38.3 Å². The lowest BCUT2D eigenvalue weighted by Gasteiger charge is -2.37. The molecule has 4 rings (SSSR count). The van der Waals surface area contributed by atoms with Gasteiger partial charge in [0, 0.05) is 49.6 Å². The van der Waals surface area contributed by atoms with Crippen molar-refractivity contribution >= 4 is 29.1 Å². The van der Waals surface area contributed by atoms with Gasteiger partial charge in [0.15, 0.2) is 0 Å². The number of benzene rings is 1. The van der Waals surface area contributed by atoms with Crippen molar-refractivity contribution in [2.45, 2.75) is 6.10 Å². The molecule has 0 aromatic heterocycles. The van der Waals surface area contributed by atoms with Crippen LogP contribution in [0, 0.1) is 0 Å². The fourth-order valence-electron chi connectivity index (χ4n) is 3.45. The molecule has 1 N–H and O–H groups in total. The molecule has 3 aliphatic rings. The molecule has 7 heteroatoms. The van der Waals surface area contributed by atoms with E-state index in [1.54, 1.807) is 12.1 Å². The first-order valence-electron chi connectivity index (χ1n) is 8.45. The third-order valence-electron chi connectivity index (χ3n) is 4.86. The van der Waals surface area contributed by atoms with Crippen LogP contribution in [0.5, 0.6) is 0 Å². The summed E-state index contributed by atoms with van der Waals surface area (Å²) in [5, 5.41) is 9.18. The van der Waals surface area contributed by atoms with E-state index in [2.05, 4.69) is 4.90 Å². The normalized spacial score (nSPS) is 24.8. The quantitative estimate of drug-likeness (QED) is 0.800. The van der Waals surface area contributed by atoms with E-state index in [1.807, 2.05) is 17.0 Å². The molecule has 25 heavy (non-hydrogen) atoms. The number of aliphatic hydroxyl groups is 1. The predicted molar refractivity (Wildman–Crippen MR) is 95.1 cm³/mol. The van der Waals surface area contributed by atoms with Crippen LogP contribution in [-0.2, 0) is 9.53 Å². The average Bonchev–Trinajstić information content (AvgIpc) is 2.67. The zero-order valence-electron chi connectivity index (χ0n) is 13.8. The summed E-state index contributed by atoms with van der Waals surface area (Å²) in [5.74, 6) is 0.341. The van der Waals surface area contributed by atoms with Gasteiger partial charge in [-0.25, -0.2) is 0 Å². The van der Waals surface area contributed by atoms with Crippen LogP contribution in [0.15, 0.2) is 29.2 Å². The molecule has 1 aromatic rings. The van der Waals surface area contributed by atoms with Crippen molar-refractivity contribution in [2.24, 2.45) is 0 Å². The molecule has 6 nitrogen and oxygen atoms in total. The second-order valence-electron chi connectivity index (χ2n) is 6.47. The van der Waals surface area contributed by atoms with E-state index in [1.165, 1.54) is 11.8 Å². The number of thioether (sulfide) groups is 1. The van der Waals surface area contributed by atoms with Crippen LogP contribution < -0.4 is 0 Å². The third kappa shape index (κ3) is 3.13. The fraction of sp³-hybridized carbons (Fsp3) is 0.444. The van der Waals surface area contributed by atoms with Crippen LogP contribution in [0.3, 0.4) is 0 Å². The summed E-state index contributed by atoms with van der Waals surface area (Å²) in [6.45, 7) is 4.37. The van der Waals surface area contributed by atoms with Gasteiger partial charge in [0.05, 0.1) is 6.73 Å². The van der Waals surface area contributed by atoms with Crippen molar-refractivity contribution in [1.29, 1.82) is 0 Å². The van der Waals surface area contributed by atoms with Crippen LogP contribution in [0.25, 0.3) is 5.76 Å². The molecule has 1 atom stereocenters. The van der Waals surface area contributed by atoms with Gasteiger partial charge < -0.3 is 9.84 Å². The Bertz CT molecular complexity index is 740. The van der Waals surface area contributed by atoms with Gasteiger partial charge in [0.2, 0.25) is 11.6 Å². The fourth-order valence-corrected chi connectivity index (χ4v) is 4.49. The minimum Gasteiger partial charge on any atom is -0.486 e. The minimum absolute atomic E-state index is 0.0153. The number of rotatable bonds is 3. The molecule has 0 bridgehead atoms. The zero-order chi connectivity index (χ0) is 17.4. The highest BCUT2D eigenvalue weighted by Crippen LogP contribution is 2.40. The number of Topliss-reactive ketones (excluding diaryl/α,β-unsaturated/α-hetero) is 2. The maximum Gasteiger partial charge on any atom is 0.243 e. The topological polar surface area (TPSA) is 70.1 Å². The van der Waals surface area contributed by atoms with Gasteiger partial charge in [0.1, 0.15) is 16.8 Å². The number of carbonyl (C=O) groups is 2. The molecule has 1 saturated heterocycles. The summed E-state index contributed by atoms with van der Waals surface area (Å²) in [5.41, 5.74) is 1.16. The Labute approximate surface area is 150 Å². The van der Waals surface area contributed by atoms with Gasteiger partial charge in [-0.1, -0.05) is 24.3 Å². The predicted octanol–water partition coefficient (Wildman–Crippen LogP) is 0.820. The van der Waals surface area contributed by atoms with Gasteiger partial charge >= 0.3 is 0 Å². The molecule has 0 spiro atoms. The molecule has 0 amide bonds. The Morgan fingerprint density at radius 1 is 1.04 bits per heavy atom. The Morgan fingerprint density at radius 2 is 1.72 bits per heavy atom. The molecule has 0 saturated carbocycles. The third-order valence-corrected chi connectivity index (χ3v) is 6.06. The van der Waals surface area contributed by atoms with Gasteiger partial charge in [-0.05, 0) is 0 Å². The van der Waals surface area contributed by atoms with Gasteiger partial charge in [-0.3, -0.25) is 19.4 Å². The van der Waals surface area contributed by atoms with E-state index in [0.29, 0.717) is 22.0 Å². The summed E-state index contributed by atoms with van der Waals surface area (Å²) in [6, 6.07) is 7.16. The van der Waals surface area contributed by atoms with Crippen molar-refractivity contribution in [2.75, 3.05) is 45.2 Å².